The number of pyridine rings is 2. The van der Waals surface area contributed by atoms with E-state index >= 15 is 0 Å². The normalized spacial score (nSPS) is 24.6. The van der Waals surface area contributed by atoms with Crippen LogP contribution in [0.3, 0.4) is 0 Å². The third kappa shape index (κ3) is 13.1. The Labute approximate surface area is 470 Å². The molecule has 8 nitrogen and oxygen atoms in total. The highest BCUT2D eigenvalue weighted by Crippen LogP contribution is 2.48. The number of carboxylic acids is 1. The molecule has 4 fully saturated rings. The van der Waals surface area contributed by atoms with Crippen LogP contribution in [0.15, 0.2) is 66.7 Å². The Balaban J connectivity index is 0.000000178. The van der Waals surface area contributed by atoms with Crippen LogP contribution in [0.5, 0.6) is 0 Å². The summed E-state index contributed by atoms with van der Waals surface area (Å²) < 4.78 is 4.18. The van der Waals surface area contributed by atoms with Gasteiger partial charge in [-0.25, -0.2) is 0 Å². The number of nitrogens with zero attached hydrogens (tertiary/aromatic N) is 4. The first-order valence-electron chi connectivity index (χ1n) is 26.7. The fourth-order valence-electron chi connectivity index (χ4n) is 13.5. The lowest BCUT2D eigenvalue weighted by molar-refractivity contribution is -0.139. The van der Waals surface area contributed by atoms with E-state index in [1.165, 1.54) is 71.2 Å². The average Bonchev–Trinajstić information content (AvgIpc) is 3.63. The van der Waals surface area contributed by atoms with Gasteiger partial charge < -0.3 is 14.9 Å². The molecule has 0 unspecified atom stereocenters. The van der Waals surface area contributed by atoms with Crippen LogP contribution in [0.25, 0.3) is 0 Å². The minimum atomic E-state index is -0.709. The molecule has 0 bridgehead atoms. The van der Waals surface area contributed by atoms with Crippen LogP contribution in [0.1, 0.15) is 166 Å². The molecule has 4 aliphatic carbocycles. The Kier molecular flexibility index (Phi) is 18.7. The Hall–Kier alpha value is -2.35. The zero-order valence-corrected chi connectivity index (χ0v) is 49.3. The molecule has 14 heteroatoms. The second-order valence-electron chi connectivity index (χ2n) is 21.9. The fraction of sp³-hybridized carbons (Fsp3) is 0.569. The molecule has 2 amide bonds. The first-order valence-corrected chi connectivity index (χ1v) is 30.7. The number of likely N-dealkylation sites (tertiary alicyclic amines) is 2. The monoisotopic (exact) mass is 1270 g/mol. The van der Waals surface area contributed by atoms with Gasteiger partial charge in [-0.15, -0.1) is 0 Å². The number of amides is 2. The topological polar surface area (TPSA) is 104 Å². The lowest BCUT2D eigenvalue weighted by atomic mass is 9.76. The zero-order chi connectivity index (χ0) is 50.6. The molecule has 386 valence electrons. The van der Waals surface area contributed by atoms with E-state index in [0.717, 1.165) is 149 Å². The number of rotatable bonds is 9. The highest BCUT2D eigenvalue weighted by Gasteiger charge is 2.39. The second kappa shape index (κ2) is 24.8. The van der Waals surface area contributed by atoms with Gasteiger partial charge in [0, 0.05) is 97.6 Å². The smallest absolute Gasteiger partial charge is 0.303 e. The maximum atomic E-state index is 13.2. The van der Waals surface area contributed by atoms with Crippen LogP contribution in [0.4, 0.5) is 0 Å². The van der Waals surface area contributed by atoms with Gasteiger partial charge in [0.05, 0.1) is 11.4 Å². The summed E-state index contributed by atoms with van der Waals surface area (Å²) in [6, 6.07) is 12.7. The van der Waals surface area contributed by atoms with Gasteiger partial charge in [0.25, 0.3) is 0 Å². The maximum absolute atomic E-state index is 13.2. The minimum Gasteiger partial charge on any atom is -0.481 e. The van der Waals surface area contributed by atoms with Crippen molar-refractivity contribution in [1.82, 2.24) is 19.8 Å². The predicted octanol–water partition coefficient (Wildman–Crippen LogP) is 15.7. The summed E-state index contributed by atoms with van der Waals surface area (Å²) >= 11 is 27.8. The number of carbonyl (C=O) groups is 3. The van der Waals surface area contributed by atoms with Crippen molar-refractivity contribution in [3.63, 3.8) is 0 Å². The Morgan fingerprint density at radius 2 is 0.889 bits per heavy atom. The zero-order valence-electron chi connectivity index (χ0n) is 41.4. The van der Waals surface area contributed by atoms with Crippen molar-refractivity contribution in [3.05, 3.63) is 121 Å². The van der Waals surface area contributed by atoms with E-state index in [-0.39, 0.29) is 30.1 Å². The van der Waals surface area contributed by atoms with E-state index in [9.17, 15) is 14.4 Å². The lowest BCUT2D eigenvalue weighted by Crippen LogP contribution is -2.41. The Bertz CT molecular complexity index is 2600. The highest BCUT2D eigenvalue weighted by atomic mass is 79.9. The SMILES string of the molecule is CCC1CCC(CC(=O)N2CCC([C@H]3c4ncc(Br)cc4CCc4cc(Cl)cc(Br)c43)CC2)CC1.O=C(O)CC1CCC(CC(=O)N2CCC([C@H]3c4ncc(Br)cc4CCc4cc(Cl)cc(Br)c43)CC2)CC1. The molecule has 2 saturated carbocycles. The van der Waals surface area contributed by atoms with Crippen molar-refractivity contribution in [2.45, 2.75) is 147 Å². The van der Waals surface area contributed by atoms with Crippen molar-refractivity contribution in [2.24, 2.45) is 35.5 Å². The van der Waals surface area contributed by atoms with E-state index in [2.05, 4.69) is 105 Å². The van der Waals surface area contributed by atoms with Crippen LogP contribution < -0.4 is 0 Å². The quantitative estimate of drug-likeness (QED) is 0.179. The summed E-state index contributed by atoms with van der Waals surface area (Å²) in [5.74, 6) is 3.32. The summed E-state index contributed by atoms with van der Waals surface area (Å²) in [7, 11) is 0. The number of carbonyl (C=O) groups excluding carboxylic acids is 2. The van der Waals surface area contributed by atoms with Crippen molar-refractivity contribution in [3.8, 4) is 0 Å². The van der Waals surface area contributed by atoms with Crippen LogP contribution in [-0.4, -0.2) is 68.8 Å². The van der Waals surface area contributed by atoms with Crippen molar-refractivity contribution < 1.29 is 19.5 Å². The van der Waals surface area contributed by atoms with Gasteiger partial charge in [0.1, 0.15) is 0 Å². The van der Waals surface area contributed by atoms with Gasteiger partial charge in [-0.05, 0) is 227 Å². The molecular weight excluding hydrogens is 1210 g/mol. The third-order valence-electron chi connectivity index (χ3n) is 17.5. The summed E-state index contributed by atoms with van der Waals surface area (Å²) in [5.41, 5.74) is 10.2. The van der Waals surface area contributed by atoms with E-state index in [1.807, 2.05) is 24.5 Å². The number of aliphatic carboxylic acids is 1. The van der Waals surface area contributed by atoms with Gasteiger partial charge >= 0.3 is 5.97 Å². The first-order chi connectivity index (χ1) is 34.7. The number of fused-ring (bicyclic) bond motifs is 4. The standard InChI is InChI=1S/C29H33Br2ClN2O3.C29H35Br2ClN2O/c30-22-13-21-6-5-20-14-23(32)15-24(31)27(20)28(29(21)33-16-22)19-7-9-34(10-8-19)25(35)11-17-1-3-18(4-2-17)12-26(36)37;1-2-18-3-5-19(6-4-18)13-26(35)34-11-9-20(10-12-34)28-27-21(15-24(32)16-25(27)31)7-8-22-14-23(30)17-33-29(22)28/h13-19,28H,1-12H2,(H,36,37);14-20,28H,2-13H2,1H3/t17?,18?,28-;18?,19?,28-/m11/s1. The molecule has 2 aliphatic heterocycles. The summed E-state index contributed by atoms with van der Waals surface area (Å²) in [4.78, 5) is 51.5. The van der Waals surface area contributed by atoms with Crippen molar-refractivity contribution in [1.29, 1.82) is 0 Å². The summed E-state index contributed by atoms with van der Waals surface area (Å²) in [6.07, 6.45) is 23.3. The molecule has 2 saturated heterocycles. The largest absolute Gasteiger partial charge is 0.481 e. The molecule has 72 heavy (non-hydrogen) atoms. The summed E-state index contributed by atoms with van der Waals surface area (Å²) in [5, 5.41) is 10.6. The molecule has 2 aromatic carbocycles. The highest BCUT2D eigenvalue weighted by molar-refractivity contribution is 9.11. The molecule has 0 spiro atoms. The van der Waals surface area contributed by atoms with Gasteiger partial charge in [0.15, 0.2) is 0 Å². The fourth-order valence-corrected chi connectivity index (χ4v) is 16.5. The lowest BCUT2D eigenvalue weighted by Gasteiger charge is -2.38. The van der Waals surface area contributed by atoms with Gasteiger partial charge in [-0.3, -0.25) is 24.4 Å². The number of aryl methyl sites for hydroxylation is 4. The van der Waals surface area contributed by atoms with Crippen molar-refractivity contribution in [2.75, 3.05) is 26.2 Å². The average molecular weight is 1280 g/mol. The third-order valence-corrected chi connectivity index (χ3v) is 20.1. The maximum Gasteiger partial charge on any atom is 0.303 e. The second-order valence-corrected chi connectivity index (χ2v) is 26.3. The number of hydrogen-bond donors (Lipinski definition) is 1. The molecule has 4 aromatic rings. The van der Waals surface area contributed by atoms with E-state index in [1.54, 1.807) is 0 Å². The van der Waals surface area contributed by atoms with E-state index < -0.39 is 5.97 Å². The number of aromatic nitrogens is 2. The van der Waals surface area contributed by atoms with Crippen LogP contribution in [0.2, 0.25) is 10.0 Å². The number of hydrogen-bond acceptors (Lipinski definition) is 5. The van der Waals surface area contributed by atoms with Crippen molar-refractivity contribution >= 4 is 105 Å². The minimum absolute atomic E-state index is 0.175. The van der Waals surface area contributed by atoms with Gasteiger partial charge in [-0.2, -0.15) is 0 Å². The van der Waals surface area contributed by atoms with Gasteiger partial charge in [-0.1, -0.05) is 81.2 Å². The van der Waals surface area contributed by atoms with Crippen LogP contribution >= 0.6 is 86.9 Å². The summed E-state index contributed by atoms with van der Waals surface area (Å²) in [6.45, 7) is 5.57. The predicted molar refractivity (Wildman–Crippen MR) is 302 cm³/mol. The molecule has 2 aromatic heterocycles. The number of carboxylic acid groups (broad SMARTS) is 1. The molecule has 1 N–H and O–H groups in total. The van der Waals surface area contributed by atoms with E-state index in [4.69, 9.17) is 38.3 Å². The number of benzene rings is 2. The molecule has 0 radical (unpaired) electrons. The molecule has 10 rings (SSSR count). The Morgan fingerprint density at radius 3 is 1.26 bits per heavy atom. The molecular formula is C58H68Br4Cl2N4O4. The number of piperidine rings is 2. The molecule has 2 atom stereocenters. The first kappa shape index (κ1) is 54.4. The molecule has 4 heterocycles. The van der Waals surface area contributed by atoms with Gasteiger partial charge in [0.2, 0.25) is 11.8 Å². The Morgan fingerprint density at radius 1 is 0.528 bits per heavy atom. The van der Waals surface area contributed by atoms with Crippen LogP contribution in [-0.2, 0) is 40.1 Å². The molecule has 6 aliphatic rings. The van der Waals surface area contributed by atoms with Crippen LogP contribution in [0, 0.1) is 35.5 Å². The van der Waals surface area contributed by atoms with E-state index in [0.29, 0.717) is 36.0 Å². The number of halogens is 6.